The van der Waals surface area contributed by atoms with E-state index in [0.29, 0.717) is 22.7 Å². The number of terminal acetylenes is 1. The van der Waals surface area contributed by atoms with Gasteiger partial charge in [-0.05, 0) is 49.4 Å². The summed E-state index contributed by atoms with van der Waals surface area (Å²) in [7, 11) is 0. The van der Waals surface area contributed by atoms with Crippen LogP contribution in [-0.4, -0.2) is 28.9 Å². The molecule has 2 heterocycles. The smallest absolute Gasteiger partial charge is 0.279 e. The second-order valence-electron chi connectivity index (χ2n) is 6.82. The first-order valence-electron chi connectivity index (χ1n) is 9.76. The van der Waals surface area contributed by atoms with Gasteiger partial charge in [0, 0.05) is 18.4 Å². The van der Waals surface area contributed by atoms with Gasteiger partial charge in [-0.25, -0.2) is 0 Å². The molecule has 0 atom stereocenters. The highest BCUT2D eigenvalue weighted by Crippen LogP contribution is 2.24. The lowest BCUT2D eigenvalue weighted by Crippen LogP contribution is -2.28. The van der Waals surface area contributed by atoms with Crippen molar-refractivity contribution in [2.24, 2.45) is 4.99 Å². The Hall–Kier alpha value is -3.70. The summed E-state index contributed by atoms with van der Waals surface area (Å²) in [6.07, 6.45) is 5.94. The van der Waals surface area contributed by atoms with Gasteiger partial charge in [-0.15, -0.1) is 6.42 Å². The molecule has 1 aliphatic heterocycles. The molecule has 1 aliphatic rings. The van der Waals surface area contributed by atoms with E-state index in [1.165, 1.54) is 11.3 Å². The first kappa shape index (κ1) is 20.6. The highest BCUT2D eigenvalue weighted by Gasteiger charge is 2.30. The van der Waals surface area contributed by atoms with Gasteiger partial charge < -0.3 is 9.30 Å². The van der Waals surface area contributed by atoms with Crippen molar-refractivity contribution in [3.8, 4) is 18.1 Å². The van der Waals surface area contributed by atoms with Crippen LogP contribution in [0.15, 0.2) is 47.5 Å². The van der Waals surface area contributed by atoms with Crippen LogP contribution >= 0.6 is 11.3 Å². The summed E-state index contributed by atoms with van der Waals surface area (Å²) in [5.41, 5.74) is 1.68. The molecule has 3 amide bonds. The predicted molar refractivity (Wildman–Crippen MR) is 118 cm³/mol. The lowest BCUT2D eigenvalue weighted by molar-refractivity contribution is -0.121. The summed E-state index contributed by atoms with van der Waals surface area (Å²) >= 11 is 1.35. The zero-order valence-electron chi connectivity index (χ0n) is 16.8. The number of amides is 3. The van der Waals surface area contributed by atoms with Crippen molar-refractivity contribution >= 4 is 45.0 Å². The third-order valence-electron chi connectivity index (χ3n) is 4.84. The topological polar surface area (TPSA) is 81.0 Å². The molecule has 8 heteroatoms. The zero-order valence-corrected chi connectivity index (χ0v) is 17.6. The molecule has 156 valence electrons. The number of hydrogen-bond acceptors (Lipinski definition) is 5. The van der Waals surface area contributed by atoms with Crippen LogP contribution in [-0.2, 0) is 16.1 Å². The summed E-state index contributed by atoms with van der Waals surface area (Å²) in [6, 6.07) is 11.9. The van der Waals surface area contributed by atoms with E-state index >= 15 is 0 Å². The van der Waals surface area contributed by atoms with Gasteiger partial charge in [0.05, 0.1) is 29.1 Å². The first-order chi connectivity index (χ1) is 15.0. The van der Waals surface area contributed by atoms with E-state index in [2.05, 4.69) is 10.9 Å². The van der Waals surface area contributed by atoms with E-state index in [1.807, 2.05) is 29.7 Å². The Bertz CT molecular complexity index is 1280. The van der Waals surface area contributed by atoms with E-state index in [0.717, 1.165) is 20.9 Å². The number of anilines is 1. The van der Waals surface area contributed by atoms with Crippen LogP contribution in [0.2, 0.25) is 0 Å². The SMILES string of the molecule is C#CCn1c(=NC(=O)c2ccc(N3C(=O)CCC3=O)cc2)sc2cc(OCC)ccc21. The largest absolute Gasteiger partial charge is 0.494 e. The van der Waals surface area contributed by atoms with Crippen LogP contribution in [0, 0.1) is 12.3 Å². The fourth-order valence-electron chi connectivity index (χ4n) is 3.41. The van der Waals surface area contributed by atoms with Crippen LogP contribution in [0.3, 0.4) is 0 Å². The van der Waals surface area contributed by atoms with Crippen LogP contribution in [0.4, 0.5) is 5.69 Å². The maximum Gasteiger partial charge on any atom is 0.279 e. The third kappa shape index (κ3) is 4.00. The Balaban J connectivity index is 1.68. The number of carbonyl (C=O) groups excluding carboxylic acids is 3. The van der Waals surface area contributed by atoms with Crippen molar-refractivity contribution in [2.75, 3.05) is 11.5 Å². The number of fused-ring (bicyclic) bond motifs is 1. The molecule has 1 saturated heterocycles. The predicted octanol–water partition coefficient (Wildman–Crippen LogP) is 3.13. The average molecular weight is 433 g/mol. The average Bonchev–Trinajstić information content (AvgIpc) is 3.27. The Morgan fingerprint density at radius 2 is 1.87 bits per heavy atom. The molecule has 1 fully saturated rings. The molecule has 0 saturated carbocycles. The minimum absolute atomic E-state index is 0.209. The van der Waals surface area contributed by atoms with Crippen molar-refractivity contribution in [3.05, 3.63) is 52.8 Å². The van der Waals surface area contributed by atoms with Crippen LogP contribution < -0.4 is 14.4 Å². The van der Waals surface area contributed by atoms with Crippen LogP contribution in [0.25, 0.3) is 10.2 Å². The van der Waals surface area contributed by atoms with E-state index in [4.69, 9.17) is 11.2 Å². The van der Waals surface area contributed by atoms with Crippen molar-refractivity contribution in [3.63, 3.8) is 0 Å². The quantitative estimate of drug-likeness (QED) is 0.457. The summed E-state index contributed by atoms with van der Waals surface area (Å²) in [6.45, 7) is 2.75. The highest BCUT2D eigenvalue weighted by molar-refractivity contribution is 7.16. The summed E-state index contributed by atoms with van der Waals surface area (Å²) in [5, 5.41) is 0. The molecule has 1 aromatic heterocycles. The number of benzene rings is 2. The molecule has 0 spiro atoms. The summed E-state index contributed by atoms with van der Waals surface area (Å²) in [4.78, 5) is 42.5. The number of thiazole rings is 1. The Morgan fingerprint density at radius 1 is 1.16 bits per heavy atom. The number of imide groups is 1. The van der Waals surface area contributed by atoms with Gasteiger partial charge in [0.25, 0.3) is 5.91 Å². The minimum Gasteiger partial charge on any atom is -0.494 e. The van der Waals surface area contributed by atoms with Crippen molar-refractivity contribution in [1.82, 2.24) is 4.57 Å². The Labute approximate surface area is 182 Å². The van der Waals surface area contributed by atoms with Crippen LogP contribution in [0.1, 0.15) is 30.1 Å². The number of aromatic nitrogens is 1. The normalized spacial score (nSPS) is 14.3. The fourth-order valence-corrected chi connectivity index (χ4v) is 4.46. The fraction of sp³-hybridized carbons (Fsp3) is 0.217. The molecule has 0 unspecified atom stereocenters. The van der Waals surface area contributed by atoms with E-state index in [9.17, 15) is 14.4 Å². The summed E-state index contributed by atoms with van der Waals surface area (Å²) < 4.78 is 8.27. The molecule has 0 bridgehead atoms. The van der Waals surface area contributed by atoms with Crippen molar-refractivity contribution in [1.29, 1.82) is 0 Å². The maximum absolute atomic E-state index is 12.8. The third-order valence-corrected chi connectivity index (χ3v) is 5.88. The maximum atomic E-state index is 12.8. The highest BCUT2D eigenvalue weighted by atomic mass is 32.1. The number of carbonyl (C=O) groups is 3. The lowest BCUT2D eigenvalue weighted by Gasteiger charge is -2.13. The van der Waals surface area contributed by atoms with Gasteiger partial charge in [-0.1, -0.05) is 17.3 Å². The number of rotatable bonds is 5. The zero-order chi connectivity index (χ0) is 22.0. The van der Waals surface area contributed by atoms with Gasteiger partial charge in [0.15, 0.2) is 4.80 Å². The number of hydrogen-bond donors (Lipinski definition) is 0. The van der Waals surface area contributed by atoms with Gasteiger partial charge in [0.1, 0.15) is 5.75 Å². The number of nitrogens with zero attached hydrogens (tertiary/aromatic N) is 3. The van der Waals surface area contributed by atoms with Gasteiger partial charge in [-0.3, -0.25) is 19.3 Å². The molecule has 2 aromatic carbocycles. The van der Waals surface area contributed by atoms with E-state index in [1.54, 1.807) is 24.3 Å². The van der Waals surface area contributed by atoms with E-state index in [-0.39, 0.29) is 31.2 Å². The Morgan fingerprint density at radius 3 is 2.52 bits per heavy atom. The van der Waals surface area contributed by atoms with Crippen LogP contribution in [0.5, 0.6) is 5.75 Å². The summed E-state index contributed by atoms with van der Waals surface area (Å²) in [5.74, 6) is 2.43. The molecule has 0 radical (unpaired) electrons. The molecular formula is C23H19N3O4S. The van der Waals surface area contributed by atoms with Gasteiger partial charge >= 0.3 is 0 Å². The molecule has 31 heavy (non-hydrogen) atoms. The Kier molecular flexibility index (Phi) is 5.69. The van der Waals surface area contributed by atoms with Crippen molar-refractivity contribution < 1.29 is 19.1 Å². The number of ether oxygens (including phenoxy) is 1. The molecule has 4 rings (SSSR count). The molecular weight excluding hydrogens is 414 g/mol. The molecule has 7 nitrogen and oxygen atoms in total. The second kappa shape index (κ2) is 8.58. The first-order valence-corrected chi connectivity index (χ1v) is 10.6. The molecule has 0 aliphatic carbocycles. The second-order valence-corrected chi connectivity index (χ2v) is 7.83. The minimum atomic E-state index is -0.437. The van der Waals surface area contributed by atoms with Gasteiger partial charge in [-0.2, -0.15) is 4.99 Å². The van der Waals surface area contributed by atoms with Gasteiger partial charge in [0.2, 0.25) is 11.8 Å². The van der Waals surface area contributed by atoms with Crippen molar-refractivity contribution in [2.45, 2.75) is 26.3 Å². The molecule has 0 N–H and O–H groups in total. The standard InChI is InChI=1S/C23H19N3O4S/c1-3-13-25-18-10-9-17(30-4-2)14-19(18)31-23(25)24-22(29)15-5-7-16(8-6-15)26-20(27)11-12-21(26)28/h1,5-10,14H,4,11-13H2,2H3. The van der Waals surface area contributed by atoms with E-state index < -0.39 is 5.91 Å². The molecule has 3 aromatic rings. The lowest BCUT2D eigenvalue weighted by atomic mass is 10.2. The monoisotopic (exact) mass is 433 g/mol.